The summed E-state index contributed by atoms with van der Waals surface area (Å²) in [4.78, 5) is 67.2. The minimum absolute atomic E-state index is 0.0176. The predicted molar refractivity (Wildman–Crippen MR) is 362 cm³/mol. The molecule has 462 valence electrons. The number of hydrogen-bond donors (Lipinski definition) is 7. The molecule has 20 nitrogen and oxygen atoms in total. The first-order chi connectivity index (χ1) is 43.2. The Morgan fingerprint density at radius 1 is 0.511 bits per heavy atom. The van der Waals surface area contributed by atoms with Gasteiger partial charge in [-0.15, -0.1) is 0 Å². The number of carboxylic acid groups (broad SMARTS) is 1. The van der Waals surface area contributed by atoms with Gasteiger partial charge in [0.25, 0.3) is 6.47 Å². The quantitative estimate of drug-likeness (QED) is 0.0341. The Bertz CT molecular complexity index is 4210. The van der Waals surface area contributed by atoms with E-state index in [1.54, 1.807) is 13.3 Å². The summed E-state index contributed by atoms with van der Waals surface area (Å²) in [6, 6.07) is 56.7. The number of hydrogen-bond acceptors (Lipinski definition) is 12. The average Bonchev–Trinajstić information content (AvgIpc) is 1.80. The second kappa shape index (κ2) is 34.0. The molecule has 4 heterocycles. The molecule has 0 aliphatic rings. The number of primary amides is 1. The highest BCUT2D eigenvalue weighted by Gasteiger charge is 2.13. The smallest absolute Gasteiger partial charge is 0.448 e. The van der Waals surface area contributed by atoms with Gasteiger partial charge in [-0.05, 0) is 191 Å². The van der Waals surface area contributed by atoms with Gasteiger partial charge in [0.2, 0.25) is 19.2 Å². The summed E-state index contributed by atoms with van der Waals surface area (Å²) in [6.07, 6.45) is 8.98. The number of ketones is 1. The van der Waals surface area contributed by atoms with Crippen LogP contribution in [0.3, 0.4) is 0 Å². The van der Waals surface area contributed by atoms with Gasteiger partial charge in [-0.25, -0.2) is 19.9 Å². The zero-order valence-corrected chi connectivity index (χ0v) is 53.6. The summed E-state index contributed by atoms with van der Waals surface area (Å²) >= 11 is 6.95. The van der Waals surface area contributed by atoms with Crippen molar-refractivity contribution >= 4 is 115 Å². The molecule has 23 heteroatoms. The number of aromatic nitrogens is 8. The molecule has 0 aliphatic carbocycles. The summed E-state index contributed by atoms with van der Waals surface area (Å²) in [5, 5.41) is 27.6. The number of carbonyl (C=O) groups excluding carboxylic acids is 4. The molecule has 0 radical (unpaired) electrons. The van der Waals surface area contributed by atoms with Crippen molar-refractivity contribution in [2.75, 3.05) is 0 Å². The third-order valence-electron chi connectivity index (χ3n) is 13.6. The van der Waals surface area contributed by atoms with Crippen LogP contribution < -0.4 is 22.1 Å². The van der Waals surface area contributed by atoms with Gasteiger partial charge in [-0.2, -0.15) is 0 Å². The number of nitrogens with two attached hydrogens (primary N) is 2. The van der Waals surface area contributed by atoms with Crippen LogP contribution in [0.2, 0.25) is 6.82 Å². The molecule has 9 N–H and O–H groups in total. The Kier molecular flexibility index (Phi) is 26.1. The highest BCUT2D eigenvalue weighted by atomic mass is 79.9. The second-order valence-corrected chi connectivity index (χ2v) is 22.1. The van der Waals surface area contributed by atoms with Gasteiger partial charge in [0.1, 0.15) is 25.3 Å². The molecule has 90 heavy (non-hydrogen) atoms. The van der Waals surface area contributed by atoms with E-state index in [9.17, 15) is 14.4 Å². The molecule has 0 fully saturated rings. The number of benzene rings is 8. The summed E-state index contributed by atoms with van der Waals surface area (Å²) in [6.45, 7) is 12.6. The highest BCUT2D eigenvalue weighted by molar-refractivity contribution is 9.10. The largest absolute Gasteiger partial charge is 0.483 e. The fourth-order valence-electron chi connectivity index (χ4n) is 9.17. The van der Waals surface area contributed by atoms with Gasteiger partial charge >= 0.3 is 7.12 Å². The molecule has 3 atom stereocenters. The van der Waals surface area contributed by atoms with Gasteiger partial charge in [0.15, 0.2) is 5.78 Å². The monoisotopic (exact) mass is 1340 g/mol. The Balaban J connectivity index is 0.000000182. The highest BCUT2D eigenvalue weighted by Crippen LogP contribution is 2.27. The van der Waals surface area contributed by atoms with E-state index in [0.717, 1.165) is 105 Å². The lowest BCUT2D eigenvalue weighted by Crippen LogP contribution is -2.15. The molecule has 12 rings (SSSR count). The molecule has 12 aromatic rings. The Morgan fingerprint density at radius 2 is 0.811 bits per heavy atom. The van der Waals surface area contributed by atoms with Crippen LogP contribution in [0.15, 0.2) is 204 Å². The first kappa shape index (κ1) is 69.2. The average molecular weight is 1340 g/mol. The number of imidazole rings is 4. The van der Waals surface area contributed by atoms with Crippen LogP contribution in [0.25, 0.3) is 66.9 Å². The van der Waals surface area contributed by atoms with Crippen LogP contribution in [0.4, 0.5) is 0 Å². The SMILES string of the molecule is CB(O)O.CC(=O)c1ccc2c(c1)ncn2-c1cccc(Br)c1.CC(NC=O)c1ccc2c(c1)ncn2-c1cccc(Br)c1.Cc1cccc(-n2cnc3cc(C(C)N)ccc32)c1.Cc1cccc(-n2cnc3cc(C(C)NC=O)ccc32)c1.NC=O.O=CO. The third kappa shape index (κ3) is 19.1. The molecule has 0 saturated heterocycles. The molecule has 3 amide bonds. The van der Waals surface area contributed by atoms with Crippen LogP contribution >= 0.6 is 31.9 Å². The number of fused-ring (bicyclic) bond motifs is 4. The molecule has 8 aromatic carbocycles. The van der Waals surface area contributed by atoms with Crippen LogP contribution in [-0.4, -0.2) is 92.0 Å². The summed E-state index contributed by atoms with van der Waals surface area (Å²) in [5.74, 6) is 0.0545. The lowest BCUT2D eigenvalue weighted by atomic mass is 9.99. The maximum atomic E-state index is 11.4. The van der Waals surface area contributed by atoms with Gasteiger partial charge in [0, 0.05) is 43.3 Å². The maximum Gasteiger partial charge on any atom is 0.448 e. The second-order valence-electron chi connectivity index (χ2n) is 20.3. The van der Waals surface area contributed by atoms with Crippen LogP contribution in [-0.2, 0) is 19.2 Å². The number of Topliss-reactive ketones (excluding diaryl/α,β-unsaturated/α-hetero) is 1. The normalized spacial score (nSPS) is 11.3. The molecule has 3 unspecified atom stereocenters. The number of halogens is 2. The zero-order valence-electron chi connectivity index (χ0n) is 50.5. The van der Waals surface area contributed by atoms with Crippen LogP contribution in [0, 0.1) is 13.8 Å². The fourth-order valence-corrected chi connectivity index (χ4v) is 9.94. The number of carbonyl (C=O) groups is 5. The predicted octanol–water partition coefficient (Wildman–Crippen LogP) is 12.0. The number of amides is 3. The number of nitrogens with one attached hydrogen (secondary N) is 2. The number of rotatable bonds is 12. The Morgan fingerprint density at radius 3 is 1.12 bits per heavy atom. The molecule has 4 aromatic heterocycles. The van der Waals surface area contributed by atoms with Crippen molar-refractivity contribution in [1.82, 2.24) is 48.8 Å². The lowest BCUT2D eigenvalue weighted by molar-refractivity contribution is -0.123. The lowest BCUT2D eigenvalue weighted by Gasteiger charge is -2.11. The third-order valence-corrected chi connectivity index (χ3v) is 14.5. The van der Waals surface area contributed by atoms with E-state index in [0.29, 0.717) is 5.56 Å². The van der Waals surface area contributed by atoms with E-state index in [-0.39, 0.29) is 36.8 Å². The number of aryl methyl sites for hydroxylation is 2. The minimum Gasteiger partial charge on any atom is -0.483 e. The van der Waals surface area contributed by atoms with Gasteiger partial charge in [-0.3, -0.25) is 42.2 Å². The van der Waals surface area contributed by atoms with Crippen molar-refractivity contribution in [2.45, 2.75) is 66.5 Å². The van der Waals surface area contributed by atoms with Crippen molar-refractivity contribution in [3.05, 3.63) is 237 Å². The van der Waals surface area contributed by atoms with E-state index in [1.807, 2.05) is 158 Å². The summed E-state index contributed by atoms with van der Waals surface area (Å²) in [5.41, 5.74) is 28.6. The van der Waals surface area contributed by atoms with Crippen molar-refractivity contribution in [2.24, 2.45) is 11.5 Å². The molecule has 0 saturated carbocycles. The minimum atomic E-state index is -1.17. The van der Waals surface area contributed by atoms with Crippen LogP contribution in [0.1, 0.15) is 84.0 Å². The first-order valence-electron chi connectivity index (χ1n) is 28.0. The Hall–Kier alpha value is -9.91. The maximum absolute atomic E-state index is 11.4. The molecule has 0 bridgehead atoms. The van der Waals surface area contributed by atoms with Gasteiger partial charge < -0.3 is 37.3 Å². The Labute approximate surface area is 537 Å². The molecule has 0 aliphatic heterocycles. The molecular formula is C67H69BBr2N12O8. The van der Waals surface area contributed by atoms with E-state index in [1.165, 1.54) is 17.9 Å². The van der Waals surface area contributed by atoms with Crippen molar-refractivity contribution < 1.29 is 39.1 Å². The molecular weight excluding hydrogens is 1270 g/mol. The standard InChI is InChI=1S/C17H17N3O.C16H14BrN3O.C16H17N3.C15H11BrN2O.CH5BO2.CH3NO.CH2O2/c1-12-4-3-5-15(8-12)20-10-18-16-9-14(6-7-17(16)20)13(2)19-11-21;1-11(19-10-21)12-5-6-16-15(7-12)18-9-20(16)14-4-2-3-13(17)8-14;1-11-4-3-5-14(8-11)19-10-18-15-9-13(12(2)17)6-7-16(15)19;1-10(19)11-5-6-15-14(7-11)17-9-18(15)13-4-2-3-12(16)8-13;1-2(3)4;2*2-1-3/h3-11,13H,1-2H3,(H,19,21);2-11H,1H3,(H,19,21);3-10,12H,17H2,1-2H3;2-9H,1H3;3-4H,1H3;1H,(H2,2,3);1H,(H,2,3). The van der Waals surface area contributed by atoms with Crippen molar-refractivity contribution in [1.29, 1.82) is 0 Å². The summed E-state index contributed by atoms with van der Waals surface area (Å²) in [7, 11) is -1.17. The van der Waals surface area contributed by atoms with Gasteiger partial charge in [-0.1, -0.05) is 86.5 Å². The fraction of sp³-hybridized carbons (Fsp3) is 0.149. The topological polar surface area (TPSA) is 293 Å². The number of nitrogens with zero attached hydrogens (tertiary/aromatic N) is 8. The van der Waals surface area contributed by atoms with E-state index < -0.39 is 7.12 Å². The van der Waals surface area contributed by atoms with E-state index in [4.69, 9.17) is 30.5 Å². The van der Waals surface area contributed by atoms with Crippen molar-refractivity contribution in [3.63, 3.8) is 0 Å². The zero-order chi connectivity index (χ0) is 65.4. The van der Waals surface area contributed by atoms with Gasteiger partial charge in [0.05, 0.1) is 56.2 Å². The first-order valence-corrected chi connectivity index (χ1v) is 29.6. The van der Waals surface area contributed by atoms with Crippen molar-refractivity contribution in [3.8, 4) is 22.7 Å². The van der Waals surface area contributed by atoms with E-state index >= 15 is 0 Å². The van der Waals surface area contributed by atoms with E-state index in [2.05, 4.69) is 152 Å². The summed E-state index contributed by atoms with van der Waals surface area (Å²) < 4.78 is 10.3. The molecule has 0 spiro atoms. The van der Waals surface area contributed by atoms with Crippen LogP contribution in [0.5, 0.6) is 0 Å².